The first-order valence-electron chi connectivity index (χ1n) is 7.56. The van der Waals surface area contributed by atoms with Crippen molar-refractivity contribution in [1.29, 1.82) is 0 Å². The molecule has 0 bridgehead atoms. The van der Waals surface area contributed by atoms with E-state index >= 15 is 0 Å². The van der Waals surface area contributed by atoms with Crippen LogP contribution in [-0.2, 0) is 14.3 Å². The van der Waals surface area contributed by atoms with Gasteiger partial charge >= 0.3 is 12.2 Å². The third-order valence-electron chi connectivity index (χ3n) is 4.28. The van der Waals surface area contributed by atoms with Crippen LogP contribution in [0.25, 0.3) is 0 Å². The largest absolute Gasteiger partial charge is 0.406 e. The lowest BCUT2D eigenvalue weighted by Gasteiger charge is -2.26. The van der Waals surface area contributed by atoms with E-state index < -0.39 is 42.7 Å². The second-order valence-corrected chi connectivity index (χ2v) is 6.22. The number of methoxy groups -OCH3 is 1. The van der Waals surface area contributed by atoms with Gasteiger partial charge in [-0.05, 0) is 25.7 Å². The lowest BCUT2D eigenvalue weighted by molar-refractivity contribution is -0.163. The molecule has 24 heavy (non-hydrogen) atoms. The van der Waals surface area contributed by atoms with Crippen LogP contribution in [0.5, 0.6) is 0 Å². The van der Waals surface area contributed by atoms with E-state index in [9.17, 15) is 27.6 Å². The van der Waals surface area contributed by atoms with Crippen LogP contribution < -0.4 is 5.32 Å². The van der Waals surface area contributed by atoms with E-state index in [4.69, 9.17) is 4.74 Å². The number of halogens is 3. The van der Waals surface area contributed by atoms with Gasteiger partial charge in [-0.3, -0.25) is 14.5 Å². The second kappa shape index (κ2) is 6.58. The number of alkyl halides is 3. The summed E-state index contributed by atoms with van der Waals surface area (Å²) in [4.78, 5) is 37.8. The van der Waals surface area contributed by atoms with Crippen molar-refractivity contribution in [3.8, 4) is 0 Å². The first-order chi connectivity index (χ1) is 11.1. The second-order valence-electron chi connectivity index (χ2n) is 6.22. The van der Waals surface area contributed by atoms with Crippen LogP contribution in [0.2, 0.25) is 0 Å². The number of carbonyl (C=O) groups excluding carboxylic acids is 3. The molecule has 10 heteroatoms. The van der Waals surface area contributed by atoms with E-state index in [1.54, 1.807) is 6.92 Å². The highest BCUT2D eigenvalue weighted by atomic mass is 19.4. The van der Waals surface area contributed by atoms with Gasteiger partial charge in [0.05, 0.1) is 6.61 Å². The smallest absolute Gasteiger partial charge is 0.383 e. The Morgan fingerprint density at radius 1 is 1.42 bits per heavy atom. The van der Waals surface area contributed by atoms with Gasteiger partial charge in [-0.1, -0.05) is 0 Å². The molecule has 2 fully saturated rings. The van der Waals surface area contributed by atoms with Crippen molar-refractivity contribution in [2.75, 3.05) is 33.4 Å². The fraction of sp³-hybridized carbons (Fsp3) is 0.786. The summed E-state index contributed by atoms with van der Waals surface area (Å²) in [6, 6.07) is -0.749. The summed E-state index contributed by atoms with van der Waals surface area (Å²) in [5.41, 5.74) is -1.07. The molecule has 1 aliphatic carbocycles. The maximum Gasteiger partial charge on any atom is 0.406 e. The molecule has 1 saturated carbocycles. The number of ether oxygens (including phenoxy) is 1. The zero-order valence-corrected chi connectivity index (χ0v) is 13.5. The van der Waals surface area contributed by atoms with Crippen molar-refractivity contribution in [1.82, 2.24) is 15.1 Å². The highest BCUT2D eigenvalue weighted by molar-refractivity contribution is 6.09. The summed E-state index contributed by atoms with van der Waals surface area (Å²) in [6.45, 7) is -0.959. The van der Waals surface area contributed by atoms with Gasteiger partial charge < -0.3 is 15.0 Å². The summed E-state index contributed by atoms with van der Waals surface area (Å²) >= 11 is 0. The molecule has 1 heterocycles. The Bertz CT molecular complexity index is 536. The quantitative estimate of drug-likeness (QED) is 0.687. The van der Waals surface area contributed by atoms with Crippen LogP contribution in [0, 0.1) is 5.92 Å². The third-order valence-corrected chi connectivity index (χ3v) is 4.28. The van der Waals surface area contributed by atoms with Gasteiger partial charge in [-0.25, -0.2) is 4.79 Å². The maximum atomic E-state index is 12.6. The van der Waals surface area contributed by atoms with Gasteiger partial charge in [0.1, 0.15) is 18.6 Å². The molecular formula is C14H20F3N3O4. The van der Waals surface area contributed by atoms with E-state index in [0.29, 0.717) is 9.80 Å². The van der Waals surface area contributed by atoms with Crippen molar-refractivity contribution in [2.45, 2.75) is 31.5 Å². The molecule has 1 aliphatic heterocycles. The highest BCUT2D eigenvalue weighted by Crippen LogP contribution is 2.42. The van der Waals surface area contributed by atoms with E-state index in [1.165, 1.54) is 7.11 Å². The van der Waals surface area contributed by atoms with Crippen LogP contribution in [0.3, 0.4) is 0 Å². The van der Waals surface area contributed by atoms with E-state index in [-0.39, 0.29) is 19.1 Å². The Kier molecular flexibility index (Phi) is 5.07. The standard InChI is InChI=1S/C14H20F3N3O4/c1-13(9-3-4-9)11(22)20(12(23)18-13)7-10(21)19(5-6-24-2)8-14(15,16)17/h9H,3-8H2,1-2H3,(H,18,23). The number of hydrogen-bond acceptors (Lipinski definition) is 4. The molecule has 1 unspecified atom stereocenters. The van der Waals surface area contributed by atoms with Crippen molar-refractivity contribution >= 4 is 17.8 Å². The van der Waals surface area contributed by atoms with Gasteiger partial charge in [-0.15, -0.1) is 0 Å². The van der Waals surface area contributed by atoms with Gasteiger partial charge in [-0.2, -0.15) is 13.2 Å². The molecule has 136 valence electrons. The zero-order chi connectivity index (χ0) is 18.1. The minimum atomic E-state index is -4.58. The third kappa shape index (κ3) is 3.97. The maximum absolute atomic E-state index is 12.6. The molecule has 0 aromatic rings. The minimum absolute atomic E-state index is 0.00817. The lowest BCUT2D eigenvalue weighted by atomic mass is 9.96. The van der Waals surface area contributed by atoms with Crippen molar-refractivity contribution < 1.29 is 32.3 Å². The molecule has 1 atom stereocenters. The number of nitrogens with one attached hydrogen (secondary N) is 1. The Balaban J connectivity index is 2.05. The Labute approximate surface area is 137 Å². The number of urea groups is 1. The van der Waals surface area contributed by atoms with E-state index in [2.05, 4.69) is 5.32 Å². The van der Waals surface area contributed by atoms with Gasteiger partial charge in [0, 0.05) is 13.7 Å². The minimum Gasteiger partial charge on any atom is -0.383 e. The molecule has 0 aromatic heterocycles. The molecule has 4 amide bonds. The van der Waals surface area contributed by atoms with E-state index in [1.807, 2.05) is 0 Å². The first-order valence-corrected chi connectivity index (χ1v) is 7.56. The predicted molar refractivity (Wildman–Crippen MR) is 75.9 cm³/mol. The SMILES string of the molecule is COCCN(CC(F)(F)F)C(=O)CN1C(=O)NC(C)(C2CC2)C1=O. The fourth-order valence-electron chi connectivity index (χ4n) is 2.74. The first kappa shape index (κ1) is 18.5. The number of hydrogen-bond donors (Lipinski definition) is 1. The Morgan fingerprint density at radius 3 is 2.54 bits per heavy atom. The van der Waals surface area contributed by atoms with Crippen LogP contribution in [-0.4, -0.2) is 72.7 Å². The molecule has 1 saturated heterocycles. The van der Waals surface area contributed by atoms with Crippen molar-refractivity contribution in [3.63, 3.8) is 0 Å². The normalized spacial score (nSPS) is 24.3. The molecule has 0 aromatic carbocycles. The number of rotatable bonds is 7. The monoisotopic (exact) mass is 351 g/mol. The molecular weight excluding hydrogens is 331 g/mol. The van der Waals surface area contributed by atoms with Crippen LogP contribution in [0.1, 0.15) is 19.8 Å². The zero-order valence-electron chi connectivity index (χ0n) is 13.5. The molecule has 2 aliphatic rings. The predicted octanol–water partition coefficient (Wildman–Crippen LogP) is 0.744. The molecule has 2 rings (SSSR count). The average Bonchev–Trinajstić information content (AvgIpc) is 3.28. The van der Waals surface area contributed by atoms with E-state index in [0.717, 1.165) is 12.8 Å². The summed E-state index contributed by atoms with van der Waals surface area (Å²) in [5.74, 6) is -1.51. The number of amides is 4. The van der Waals surface area contributed by atoms with Crippen LogP contribution in [0.4, 0.5) is 18.0 Å². The number of carbonyl (C=O) groups is 3. The molecule has 1 N–H and O–H groups in total. The van der Waals surface area contributed by atoms with Crippen LogP contribution in [0.15, 0.2) is 0 Å². The van der Waals surface area contributed by atoms with Gasteiger partial charge in [0.15, 0.2) is 0 Å². The number of imide groups is 1. The summed E-state index contributed by atoms with van der Waals surface area (Å²) in [6.07, 6.45) is -3.00. The van der Waals surface area contributed by atoms with Gasteiger partial charge in [0.25, 0.3) is 5.91 Å². The topological polar surface area (TPSA) is 79.0 Å². The highest BCUT2D eigenvalue weighted by Gasteiger charge is 2.56. The molecule has 0 radical (unpaired) electrons. The van der Waals surface area contributed by atoms with Crippen LogP contribution >= 0.6 is 0 Å². The Morgan fingerprint density at radius 2 is 2.04 bits per heavy atom. The van der Waals surface area contributed by atoms with Crippen molar-refractivity contribution in [2.24, 2.45) is 5.92 Å². The summed E-state index contributed by atoms with van der Waals surface area (Å²) < 4.78 is 42.5. The van der Waals surface area contributed by atoms with Crippen molar-refractivity contribution in [3.05, 3.63) is 0 Å². The Hall–Kier alpha value is -1.84. The summed E-state index contributed by atoms with van der Waals surface area (Å²) in [7, 11) is 1.30. The summed E-state index contributed by atoms with van der Waals surface area (Å²) in [5, 5.41) is 2.55. The number of nitrogens with zero attached hydrogens (tertiary/aromatic N) is 2. The fourth-order valence-corrected chi connectivity index (χ4v) is 2.74. The lowest BCUT2D eigenvalue weighted by Crippen LogP contribution is -2.49. The van der Waals surface area contributed by atoms with Gasteiger partial charge in [0.2, 0.25) is 5.91 Å². The molecule has 7 nitrogen and oxygen atoms in total. The average molecular weight is 351 g/mol. The molecule has 0 spiro atoms.